The lowest BCUT2D eigenvalue weighted by Gasteiger charge is -2.09. The number of esters is 1. The molecule has 0 saturated heterocycles. The minimum Gasteiger partial charge on any atom is -0.490 e. The van der Waals surface area contributed by atoms with Gasteiger partial charge in [-0.1, -0.05) is 23.2 Å². The zero-order chi connectivity index (χ0) is 17.7. The summed E-state index contributed by atoms with van der Waals surface area (Å²) in [4.78, 5) is 12.0. The van der Waals surface area contributed by atoms with Crippen molar-refractivity contribution in [2.24, 2.45) is 0 Å². The number of ether oxygens (including phenoxy) is 2. The van der Waals surface area contributed by atoms with E-state index in [1.54, 1.807) is 24.3 Å². The summed E-state index contributed by atoms with van der Waals surface area (Å²) in [5, 5.41) is 0.709. The lowest BCUT2D eigenvalue weighted by Crippen LogP contribution is -2.13. The first-order valence-corrected chi connectivity index (χ1v) is 9.47. The quantitative estimate of drug-likeness (QED) is 0.558. The largest absolute Gasteiger partial charge is 0.490 e. The van der Waals surface area contributed by atoms with Crippen LogP contribution in [0.15, 0.2) is 47.4 Å². The molecular weight excluding hydrogens is 375 g/mol. The number of carbonyl (C=O) groups is 1. The molecule has 0 aliphatic heterocycles. The summed E-state index contributed by atoms with van der Waals surface area (Å²) in [5.41, 5.74) is -0.00826. The molecule has 0 aliphatic carbocycles. The molecule has 0 amide bonds. The first-order chi connectivity index (χ1) is 11.3. The molecule has 5 nitrogen and oxygen atoms in total. The zero-order valence-corrected chi connectivity index (χ0v) is 15.0. The van der Waals surface area contributed by atoms with Crippen LogP contribution in [0.4, 0.5) is 0 Å². The summed E-state index contributed by atoms with van der Waals surface area (Å²) < 4.78 is 33.5. The molecule has 0 saturated carbocycles. The first-order valence-electron chi connectivity index (χ1n) is 6.82. The van der Waals surface area contributed by atoms with Gasteiger partial charge in [0, 0.05) is 11.3 Å². The molecule has 8 heteroatoms. The SMILES string of the molecule is CS(=O)(=O)c1ccc(Cl)c(C(=O)OCCOc2ccc(Cl)cc2)c1. The van der Waals surface area contributed by atoms with Crippen LogP contribution in [0.25, 0.3) is 0 Å². The van der Waals surface area contributed by atoms with E-state index < -0.39 is 15.8 Å². The van der Waals surface area contributed by atoms with Crippen LogP contribution in [0.3, 0.4) is 0 Å². The van der Waals surface area contributed by atoms with Crippen molar-refractivity contribution < 1.29 is 22.7 Å². The Bertz CT molecular complexity index is 832. The van der Waals surface area contributed by atoms with Gasteiger partial charge in [-0.3, -0.25) is 0 Å². The lowest BCUT2D eigenvalue weighted by atomic mass is 10.2. The van der Waals surface area contributed by atoms with Crippen LogP contribution < -0.4 is 4.74 Å². The van der Waals surface area contributed by atoms with Gasteiger partial charge < -0.3 is 9.47 Å². The highest BCUT2D eigenvalue weighted by Crippen LogP contribution is 2.21. The summed E-state index contributed by atoms with van der Waals surface area (Å²) in [6, 6.07) is 10.6. The Morgan fingerprint density at radius 2 is 1.71 bits per heavy atom. The summed E-state index contributed by atoms with van der Waals surface area (Å²) >= 11 is 11.7. The molecule has 0 bridgehead atoms. The fourth-order valence-electron chi connectivity index (χ4n) is 1.79. The van der Waals surface area contributed by atoms with E-state index in [1.165, 1.54) is 18.2 Å². The third-order valence-electron chi connectivity index (χ3n) is 2.98. The average Bonchev–Trinajstić information content (AvgIpc) is 2.52. The third-order valence-corrected chi connectivity index (χ3v) is 4.68. The molecule has 0 aliphatic rings. The minimum atomic E-state index is -3.44. The highest BCUT2D eigenvalue weighted by atomic mass is 35.5. The summed E-state index contributed by atoms with van der Waals surface area (Å²) in [6.07, 6.45) is 1.05. The number of benzene rings is 2. The molecule has 2 aromatic carbocycles. The van der Waals surface area contributed by atoms with Crippen molar-refractivity contribution in [2.45, 2.75) is 4.90 Å². The van der Waals surface area contributed by atoms with Gasteiger partial charge in [-0.15, -0.1) is 0 Å². The highest BCUT2D eigenvalue weighted by molar-refractivity contribution is 7.90. The smallest absolute Gasteiger partial charge is 0.339 e. The number of carbonyl (C=O) groups excluding carboxylic acids is 1. The Kier molecular flexibility index (Phi) is 6.10. The van der Waals surface area contributed by atoms with Crippen LogP contribution in [0.1, 0.15) is 10.4 Å². The monoisotopic (exact) mass is 388 g/mol. The molecule has 0 spiro atoms. The fourth-order valence-corrected chi connectivity index (χ4v) is 2.76. The predicted molar refractivity (Wildman–Crippen MR) is 91.8 cm³/mol. The van der Waals surface area contributed by atoms with E-state index >= 15 is 0 Å². The molecule has 0 unspecified atom stereocenters. The molecule has 24 heavy (non-hydrogen) atoms. The molecule has 0 atom stereocenters. The van der Waals surface area contributed by atoms with Crippen molar-refractivity contribution in [3.05, 3.63) is 58.1 Å². The van der Waals surface area contributed by atoms with Crippen molar-refractivity contribution in [1.29, 1.82) is 0 Å². The second-order valence-corrected chi connectivity index (χ2v) is 7.71. The van der Waals surface area contributed by atoms with Gasteiger partial charge in [0.1, 0.15) is 19.0 Å². The van der Waals surface area contributed by atoms with Gasteiger partial charge in [0.15, 0.2) is 9.84 Å². The average molecular weight is 389 g/mol. The van der Waals surface area contributed by atoms with E-state index in [4.69, 9.17) is 32.7 Å². The van der Waals surface area contributed by atoms with Gasteiger partial charge in [-0.2, -0.15) is 0 Å². The Balaban J connectivity index is 1.94. The topological polar surface area (TPSA) is 69.7 Å². The Labute approximate surface area is 150 Å². The van der Waals surface area contributed by atoms with E-state index in [-0.39, 0.29) is 28.7 Å². The molecule has 0 radical (unpaired) electrons. The van der Waals surface area contributed by atoms with E-state index in [2.05, 4.69) is 0 Å². The van der Waals surface area contributed by atoms with Gasteiger partial charge in [0.25, 0.3) is 0 Å². The molecule has 0 N–H and O–H groups in total. The second kappa shape index (κ2) is 7.88. The fraction of sp³-hybridized carbons (Fsp3) is 0.188. The normalized spacial score (nSPS) is 11.1. The van der Waals surface area contributed by atoms with Crippen molar-refractivity contribution in [3.63, 3.8) is 0 Å². The van der Waals surface area contributed by atoms with Crippen LogP contribution in [0.5, 0.6) is 5.75 Å². The number of hydrogen-bond donors (Lipinski definition) is 0. The highest BCUT2D eigenvalue weighted by Gasteiger charge is 2.16. The molecular formula is C16H14Cl2O5S. The maximum atomic E-state index is 12.0. The van der Waals surface area contributed by atoms with Gasteiger partial charge in [0.2, 0.25) is 0 Å². The summed E-state index contributed by atoms with van der Waals surface area (Å²) in [7, 11) is -3.44. The second-order valence-electron chi connectivity index (χ2n) is 4.85. The zero-order valence-electron chi connectivity index (χ0n) is 12.7. The van der Waals surface area contributed by atoms with Crippen molar-refractivity contribution in [2.75, 3.05) is 19.5 Å². The van der Waals surface area contributed by atoms with E-state index in [1.807, 2.05) is 0 Å². The van der Waals surface area contributed by atoms with Crippen LogP contribution in [-0.2, 0) is 14.6 Å². The maximum Gasteiger partial charge on any atom is 0.339 e. The molecule has 0 aromatic heterocycles. The number of halogens is 2. The number of hydrogen-bond acceptors (Lipinski definition) is 5. The van der Waals surface area contributed by atoms with Crippen molar-refractivity contribution >= 4 is 39.0 Å². The molecule has 128 valence electrons. The first kappa shape index (κ1) is 18.6. The molecule has 2 rings (SSSR count). The van der Waals surface area contributed by atoms with Crippen LogP contribution in [0.2, 0.25) is 10.0 Å². The predicted octanol–water partition coefficient (Wildman–Crippen LogP) is 3.63. The summed E-state index contributed by atoms with van der Waals surface area (Å²) in [5.74, 6) is -0.127. The van der Waals surface area contributed by atoms with E-state index in [0.717, 1.165) is 6.26 Å². The van der Waals surface area contributed by atoms with Crippen LogP contribution in [-0.4, -0.2) is 33.9 Å². The standard InChI is InChI=1S/C16H14Cl2O5S/c1-24(20,21)13-6-7-15(18)14(10-13)16(19)23-9-8-22-12-4-2-11(17)3-5-12/h2-7,10H,8-9H2,1H3. The van der Waals surface area contributed by atoms with Gasteiger partial charge in [-0.25, -0.2) is 13.2 Å². The van der Waals surface area contributed by atoms with Crippen molar-refractivity contribution in [3.8, 4) is 5.75 Å². The van der Waals surface area contributed by atoms with Crippen LogP contribution in [0, 0.1) is 0 Å². The van der Waals surface area contributed by atoms with Crippen LogP contribution >= 0.6 is 23.2 Å². The summed E-state index contributed by atoms with van der Waals surface area (Å²) in [6.45, 7) is 0.123. The molecule has 0 fully saturated rings. The van der Waals surface area contributed by atoms with Gasteiger partial charge in [-0.05, 0) is 42.5 Å². The Morgan fingerprint density at radius 3 is 2.33 bits per heavy atom. The van der Waals surface area contributed by atoms with Gasteiger partial charge >= 0.3 is 5.97 Å². The van der Waals surface area contributed by atoms with E-state index in [0.29, 0.717) is 10.8 Å². The maximum absolute atomic E-state index is 12.0. The third kappa shape index (κ3) is 5.12. The molecule has 2 aromatic rings. The number of sulfone groups is 1. The van der Waals surface area contributed by atoms with Crippen molar-refractivity contribution in [1.82, 2.24) is 0 Å². The molecule has 0 heterocycles. The number of rotatable bonds is 6. The Hall–Kier alpha value is -1.76. The minimum absolute atomic E-state index is 0.00346. The lowest BCUT2D eigenvalue weighted by molar-refractivity contribution is 0.0450. The van der Waals surface area contributed by atoms with Gasteiger partial charge in [0.05, 0.1) is 15.5 Å². The van der Waals surface area contributed by atoms with E-state index in [9.17, 15) is 13.2 Å². The Morgan fingerprint density at radius 1 is 1.04 bits per heavy atom.